The van der Waals surface area contributed by atoms with Crippen molar-refractivity contribution >= 4 is 27.2 Å². The summed E-state index contributed by atoms with van der Waals surface area (Å²) >= 11 is 0. The van der Waals surface area contributed by atoms with Crippen molar-refractivity contribution in [3.63, 3.8) is 0 Å². The summed E-state index contributed by atoms with van der Waals surface area (Å²) in [7, 11) is -2.89. The highest BCUT2D eigenvalue weighted by atomic mass is 32.2. The number of carbonyl (C=O) groups excluding carboxylic acids is 1. The summed E-state index contributed by atoms with van der Waals surface area (Å²) in [6.07, 6.45) is 2.90. The summed E-state index contributed by atoms with van der Waals surface area (Å²) in [6.45, 7) is 9.70. The number of nitrogens with one attached hydrogen (secondary N) is 1. The Morgan fingerprint density at radius 1 is 1.00 bits per heavy atom. The van der Waals surface area contributed by atoms with Crippen LogP contribution in [0.5, 0.6) is 0 Å². The van der Waals surface area contributed by atoms with E-state index >= 15 is 0 Å². The maximum absolute atomic E-state index is 13.2. The number of fused-ring (bicyclic) bond motifs is 4. The Hall–Kier alpha value is -2.00. The third-order valence-corrected chi connectivity index (χ3v) is 9.76. The van der Waals surface area contributed by atoms with Crippen molar-refractivity contribution in [2.75, 3.05) is 67.2 Å². The van der Waals surface area contributed by atoms with Gasteiger partial charge in [0.25, 0.3) is 0 Å². The zero-order valence-electron chi connectivity index (χ0n) is 20.4. The van der Waals surface area contributed by atoms with Crippen molar-refractivity contribution in [3.05, 3.63) is 24.3 Å². The van der Waals surface area contributed by atoms with Crippen LogP contribution in [0.1, 0.15) is 33.1 Å². The van der Waals surface area contributed by atoms with Gasteiger partial charge >= 0.3 is 6.03 Å². The molecule has 5 heterocycles. The van der Waals surface area contributed by atoms with Crippen molar-refractivity contribution in [2.24, 2.45) is 11.3 Å². The second-order valence-electron chi connectivity index (χ2n) is 11.1. The normalized spacial score (nSPS) is 29.1. The van der Waals surface area contributed by atoms with E-state index < -0.39 is 9.84 Å². The van der Waals surface area contributed by atoms with E-state index in [9.17, 15) is 13.2 Å². The van der Waals surface area contributed by atoms with Gasteiger partial charge in [0, 0.05) is 63.4 Å². The molecule has 0 aromatic heterocycles. The van der Waals surface area contributed by atoms with Gasteiger partial charge in [-0.1, -0.05) is 13.8 Å². The van der Waals surface area contributed by atoms with Crippen LogP contribution in [-0.4, -0.2) is 88.9 Å². The maximum atomic E-state index is 13.2. The van der Waals surface area contributed by atoms with Gasteiger partial charge in [0.15, 0.2) is 9.84 Å². The topological polar surface area (TPSA) is 82.2 Å². The Morgan fingerprint density at radius 3 is 2.32 bits per heavy atom. The molecular formula is C25H38N4O4S. The molecule has 2 amide bonds. The van der Waals surface area contributed by atoms with E-state index in [-0.39, 0.29) is 35.0 Å². The van der Waals surface area contributed by atoms with Gasteiger partial charge in [-0.3, -0.25) is 0 Å². The predicted molar refractivity (Wildman–Crippen MR) is 134 cm³/mol. The first kappa shape index (κ1) is 23.7. The second kappa shape index (κ2) is 9.22. The lowest BCUT2D eigenvalue weighted by molar-refractivity contribution is 0.0779. The number of benzene rings is 1. The highest BCUT2D eigenvalue weighted by Gasteiger charge is 2.47. The van der Waals surface area contributed by atoms with E-state index in [0.29, 0.717) is 19.0 Å². The van der Waals surface area contributed by atoms with Crippen LogP contribution in [0.25, 0.3) is 0 Å². The second-order valence-corrected chi connectivity index (χ2v) is 13.4. The van der Waals surface area contributed by atoms with Crippen LogP contribution in [-0.2, 0) is 14.6 Å². The summed E-state index contributed by atoms with van der Waals surface area (Å²) in [5.74, 6) is 0.885. The van der Waals surface area contributed by atoms with Crippen LogP contribution >= 0.6 is 0 Å². The quantitative estimate of drug-likeness (QED) is 0.701. The molecule has 34 heavy (non-hydrogen) atoms. The van der Waals surface area contributed by atoms with Crippen molar-refractivity contribution < 1.29 is 17.9 Å². The monoisotopic (exact) mass is 490 g/mol. The summed E-state index contributed by atoms with van der Waals surface area (Å²) in [5.41, 5.74) is 2.37. The van der Waals surface area contributed by atoms with Gasteiger partial charge in [-0.15, -0.1) is 0 Å². The average Bonchev–Trinajstić information content (AvgIpc) is 3.07. The molecule has 5 fully saturated rings. The lowest BCUT2D eigenvalue weighted by atomic mass is 9.73. The number of nitrogens with zero attached hydrogens (tertiary/aromatic N) is 3. The van der Waals surface area contributed by atoms with Crippen LogP contribution in [0.4, 0.5) is 16.2 Å². The summed E-state index contributed by atoms with van der Waals surface area (Å²) in [5, 5.41) is 3.26. The number of urea groups is 1. The zero-order valence-corrected chi connectivity index (χ0v) is 21.2. The van der Waals surface area contributed by atoms with Gasteiger partial charge in [-0.25, -0.2) is 13.2 Å². The fourth-order valence-corrected chi connectivity index (χ4v) is 7.42. The third-order valence-electron chi connectivity index (χ3n) is 8.15. The summed E-state index contributed by atoms with van der Waals surface area (Å²) < 4.78 is 29.0. The number of hydrogen-bond acceptors (Lipinski definition) is 6. The number of amides is 2. The molecule has 0 radical (unpaired) electrons. The molecule has 5 saturated heterocycles. The molecule has 2 bridgehead atoms. The van der Waals surface area contributed by atoms with E-state index in [0.717, 1.165) is 57.8 Å². The van der Waals surface area contributed by atoms with E-state index in [1.54, 1.807) is 0 Å². The molecule has 8 nitrogen and oxygen atoms in total. The smallest absolute Gasteiger partial charge is 0.317 e. The highest BCUT2D eigenvalue weighted by Crippen LogP contribution is 2.43. The van der Waals surface area contributed by atoms with Gasteiger partial charge in [-0.05, 0) is 54.9 Å². The van der Waals surface area contributed by atoms with Crippen LogP contribution in [0.15, 0.2) is 24.3 Å². The number of carbonyl (C=O) groups is 1. The lowest BCUT2D eigenvalue weighted by Gasteiger charge is -2.48. The SMILES string of the molecule is CC1(C)CC2CN(C(=O)NC3CCOCC3)CC1N(c1ccc(N3CCS(=O)(=O)CC3)cc1)C2. The standard InChI is InChI=1S/C25H38N4O4S/c1-25(2)15-19-16-28(24(30)26-20-7-11-33-12-8-20)18-23(25)29(17-19)22-5-3-21(4-6-22)27-9-13-34(31,32)14-10-27/h3-6,19-20,23H,7-18H2,1-2H3,(H,26,30). The van der Waals surface area contributed by atoms with Crippen molar-refractivity contribution in [1.29, 1.82) is 0 Å². The van der Waals surface area contributed by atoms with E-state index in [4.69, 9.17) is 4.74 Å². The average molecular weight is 491 g/mol. The summed E-state index contributed by atoms with van der Waals surface area (Å²) in [4.78, 5) is 19.9. The van der Waals surface area contributed by atoms with Gasteiger partial charge in [0.1, 0.15) is 0 Å². The largest absolute Gasteiger partial charge is 0.381 e. The fraction of sp³-hybridized carbons (Fsp3) is 0.720. The number of hydrogen-bond donors (Lipinski definition) is 1. The first-order chi connectivity index (χ1) is 16.2. The molecule has 5 aliphatic heterocycles. The Balaban J connectivity index is 1.29. The molecule has 1 aromatic rings. The number of sulfone groups is 1. The van der Waals surface area contributed by atoms with E-state index in [1.165, 1.54) is 5.69 Å². The minimum absolute atomic E-state index is 0.0665. The first-order valence-corrected chi connectivity index (χ1v) is 14.5. The Labute approximate surface area is 203 Å². The first-order valence-electron chi connectivity index (χ1n) is 12.7. The summed E-state index contributed by atoms with van der Waals surface area (Å²) in [6, 6.07) is 9.10. The van der Waals surface area contributed by atoms with E-state index in [2.05, 4.69) is 53.2 Å². The third kappa shape index (κ3) is 5.00. The molecule has 5 aliphatic rings. The van der Waals surface area contributed by atoms with E-state index in [1.807, 2.05) is 4.90 Å². The van der Waals surface area contributed by atoms with Gasteiger partial charge in [0.2, 0.25) is 0 Å². The Bertz CT molecular complexity index is 977. The highest BCUT2D eigenvalue weighted by molar-refractivity contribution is 7.91. The van der Waals surface area contributed by atoms with Crippen molar-refractivity contribution in [3.8, 4) is 0 Å². The fourth-order valence-electron chi connectivity index (χ4n) is 6.22. The molecule has 2 atom stereocenters. The van der Waals surface area contributed by atoms with Gasteiger partial charge in [0.05, 0.1) is 17.5 Å². The van der Waals surface area contributed by atoms with Gasteiger partial charge in [-0.2, -0.15) is 0 Å². The Morgan fingerprint density at radius 2 is 1.65 bits per heavy atom. The number of piperidine rings is 1. The van der Waals surface area contributed by atoms with Gasteiger partial charge < -0.3 is 24.8 Å². The molecule has 0 saturated carbocycles. The molecule has 9 heteroatoms. The molecule has 0 aliphatic carbocycles. The molecule has 188 valence electrons. The molecule has 1 aromatic carbocycles. The van der Waals surface area contributed by atoms with Crippen molar-refractivity contribution in [2.45, 2.75) is 45.2 Å². The molecule has 2 unspecified atom stereocenters. The van der Waals surface area contributed by atoms with Crippen LogP contribution in [0, 0.1) is 11.3 Å². The predicted octanol–water partition coefficient (Wildman–Crippen LogP) is 2.35. The van der Waals surface area contributed by atoms with Crippen molar-refractivity contribution in [1.82, 2.24) is 10.2 Å². The number of anilines is 2. The molecule has 1 N–H and O–H groups in total. The van der Waals surface area contributed by atoms with Crippen LogP contribution in [0.2, 0.25) is 0 Å². The maximum Gasteiger partial charge on any atom is 0.317 e. The minimum Gasteiger partial charge on any atom is -0.381 e. The molecule has 0 spiro atoms. The van der Waals surface area contributed by atoms with Crippen LogP contribution < -0.4 is 15.1 Å². The molecular weight excluding hydrogens is 452 g/mol. The zero-order chi connectivity index (χ0) is 23.9. The molecule has 6 rings (SSSR count). The lowest BCUT2D eigenvalue weighted by Crippen LogP contribution is -2.55. The minimum atomic E-state index is -2.89. The number of ether oxygens (including phenoxy) is 1. The van der Waals surface area contributed by atoms with Crippen LogP contribution in [0.3, 0.4) is 0 Å². The Kier molecular flexibility index (Phi) is 6.44. The number of rotatable bonds is 3.